The summed E-state index contributed by atoms with van der Waals surface area (Å²) in [5.74, 6) is 1.27. The van der Waals surface area contributed by atoms with Gasteiger partial charge in [0, 0.05) is 36.9 Å². The first-order chi connectivity index (χ1) is 19.2. The summed E-state index contributed by atoms with van der Waals surface area (Å²) in [7, 11) is 0. The number of nitrogens with zero attached hydrogens (tertiary/aromatic N) is 3. The van der Waals surface area contributed by atoms with Gasteiger partial charge < -0.3 is 0 Å². The Hall–Kier alpha value is -4.54. The lowest BCUT2D eigenvalue weighted by Crippen LogP contribution is -1.99. The molecule has 0 amide bonds. The van der Waals surface area contributed by atoms with Gasteiger partial charge in [-0.1, -0.05) is 105 Å². The Labute approximate surface area is 230 Å². The van der Waals surface area contributed by atoms with E-state index in [0.29, 0.717) is 0 Å². The van der Waals surface area contributed by atoms with Crippen LogP contribution in [0.15, 0.2) is 109 Å². The van der Waals surface area contributed by atoms with Crippen molar-refractivity contribution in [2.75, 3.05) is 0 Å². The van der Waals surface area contributed by atoms with E-state index in [1.165, 1.54) is 53.2 Å². The van der Waals surface area contributed by atoms with E-state index in [1.54, 1.807) is 0 Å². The van der Waals surface area contributed by atoms with E-state index in [0.717, 1.165) is 22.4 Å². The van der Waals surface area contributed by atoms with Crippen molar-refractivity contribution in [3.8, 4) is 22.3 Å². The largest absolute Gasteiger partial charge is 0.278 e. The molecule has 0 unspecified atom stereocenters. The minimum Gasteiger partial charge on any atom is -0.278 e. The van der Waals surface area contributed by atoms with E-state index >= 15 is 0 Å². The van der Waals surface area contributed by atoms with Crippen molar-refractivity contribution < 1.29 is 0 Å². The Kier molecular flexibility index (Phi) is 4.88. The topological polar surface area (TPSA) is 30.2 Å². The molecular formula is C35H25N3S. The van der Waals surface area contributed by atoms with E-state index in [2.05, 4.69) is 138 Å². The SMILES string of the molecule is CC(C)c1nnc2c3ccccc3c3cc(-c4ccc(-c5cccc6c5sc5ccccc56)cc4)ccc3n12. The summed E-state index contributed by atoms with van der Waals surface area (Å²) in [5.41, 5.74) is 7.03. The van der Waals surface area contributed by atoms with Crippen LogP contribution in [0, 0.1) is 0 Å². The highest BCUT2D eigenvalue weighted by molar-refractivity contribution is 7.26. The molecule has 39 heavy (non-hydrogen) atoms. The number of pyridine rings is 1. The molecule has 8 aromatic rings. The summed E-state index contributed by atoms with van der Waals surface area (Å²) >= 11 is 1.88. The number of hydrogen-bond donors (Lipinski definition) is 0. The van der Waals surface area contributed by atoms with E-state index in [9.17, 15) is 0 Å². The highest BCUT2D eigenvalue weighted by Crippen LogP contribution is 2.40. The number of thiophene rings is 1. The number of aromatic nitrogens is 3. The monoisotopic (exact) mass is 519 g/mol. The average molecular weight is 520 g/mol. The molecule has 3 heterocycles. The fraction of sp³-hybridized carbons (Fsp3) is 0.0857. The summed E-state index contributed by atoms with van der Waals surface area (Å²) in [6, 6.07) is 39.7. The minimum atomic E-state index is 0.280. The van der Waals surface area contributed by atoms with E-state index in [-0.39, 0.29) is 5.92 Å². The average Bonchev–Trinajstić information content (AvgIpc) is 3.60. The van der Waals surface area contributed by atoms with Crippen LogP contribution in [0.2, 0.25) is 0 Å². The molecule has 0 aliphatic heterocycles. The van der Waals surface area contributed by atoms with Crippen LogP contribution in [0.4, 0.5) is 0 Å². The molecule has 0 fully saturated rings. The Morgan fingerprint density at radius 1 is 0.590 bits per heavy atom. The van der Waals surface area contributed by atoms with Crippen LogP contribution in [0.5, 0.6) is 0 Å². The summed E-state index contributed by atoms with van der Waals surface area (Å²) in [6.45, 7) is 4.35. The zero-order chi connectivity index (χ0) is 26.1. The summed E-state index contributed by atoms with van der Waals surface area (Å²) in [5, 5.41) is 15.4. The zero-order valence-corrected chi connectivity index (χ0v) is 22.5. The first-order valence-corrected chi connectivity index (χ1v) is 14.2. The maximum atomic E-state index is 4.59. The molecule has 5 aromatic carbocycles. The van der Waals surface area contributed by atoms with E-state index in [1.807, 2.05) is 11.3 Å². The van der Waals surface area contributed by atoms with Gasteiger partial charge in [0.05, 0.1) is 5.52 Å². The van der Waals surface area contributed by atoms with Crippen molar-refractivity contribution in [2.45, 2.75) is 19.8 Å². The first-order valence-electron chi connectivity index (χ1n) is 13.4. The van der Waals surface area contributed by atoms with Crippen LogP contribution in [-0.4, -0.2) is 14.6 Å². The molecule has 0 aliphatic rings. The normalized spacial score (nSPS) is 12.1. The Morgan fingerprint density at radius 2 is 1.28 bits per heavy atom. The molecule has 4 heteroatoms. The molecule has 3 aromatic heterocycles. The lowest BCUT2D eigenvalue weighted by Gasteiger charge is -2.13. The van der Waals surface area contributed by atoms with Crippen LogP contribution in [0.25, 0.3) is 69.7 Å². The Balaban J connectivity index is 1.28. The van der Waals surface area contributed by atoms with Gasteiger partial charge in [0.25, 0.3) is 0 Å². The fourth-order valence-corrected chi connectivity index (χ4v) is 7.18. The third-order valence-electron chi connectivity index (χ3n) is 7.83. The standard InChI is InChI=1S/C35H25N3S/c1-21(2)34-36-37-35-29-10-4-3-8-26(29)30-20-24(18-19-31(30)38(34)35)22-14-16-23(17-15-22)25-11-7-12-28-27-9-5-6-13-32(27)39-33(25)28/h3-21H,1-2H3. The quantitative estimate of drug-likeness (QED) is 0.217. The minimum absolute atomic E-state index is 0.280. The predicted octanol–water partition coefficient (Wildman–Crippen LogP) is 9.86. The van der Waals surface area contributed by atoms with Crippen LogP contribution in [0.3, 0.4) is 0 Å². The maximum absolute atomic E-state index is 4.59. The van der Waals surface area contributed by atoms with Gasteiger partial charge in [0.1, 0.15) is 5.82 Å². The third kappa shape index (κ3) is 3.35. The smallest absolute Gasteiger partial charge is 0.169 e. The highest BCUT2D eigenvalue weighted by Gasteiger charge is 2.17. The molecule has 0 aliphatic carbocycles. The fourth-order valence-electron chi connectivity index (χ4n) is 5.94. The van der Waals surface area contributed by atoms with Gasteiger partial charge in [0.15, 0.2) is 5.65 Å². The second-order valence-corrected chi connectivity index (χ2v) is 11.6. The van der Waals surface area contributed by atoms with Gasteiger partial charge in [-0.3, -0.25) is 4.40 Å². The second-order valence-electron chi connectivity index (χ2n) is 10.5. The van der Waals surface area contributed by atoms with Crippen molar-refractivity contribution in [3.05, 3.63) is 115 Å². The number of fused-ring (bicyclic) bond motifs is 9. The second kappa shape index (κ2) is 8.48. The highest BCUT2D eigenvalue weighted by atomic mass is 32.1. The lowest BCUT2D eigenvalue weighted by molar-refractivity contribution is 0.766. The van der Waals surface area contributed by atoms with Crippen molar-refractivity contribution in [2.24, 2.45) is 0 Å². The number of hydrogen-bond acceptors (Lipinski definition) is 3. The summed E-state index contributed by atoms with van der Waals surface area (Å²) in [6.07, 6.45) is 0. The summed E-state index contributed by atoms with van der Waals surface area (Å²) in [4.78, 5) is 0. The van der Waals surface area contributed by atoms with Crippen LogP contribution in [-0.2, 0) is 0 Å². The van der Waals surface area contributed by atoms with Crippen LogP contribution < -0.4 is 0 Å². The molecule has 3 nitrogen and oxygen atoms in total. The molecule has 0 bridgehead atoms. The molecular weight excluding hydrogens is 494 g/mol. The van der Waals surface area contributed by atoms with E-state index in [4.69, 9.17) is 0 Å². The van der Waals surface area contributed by atoms with Gasteiger partial charge in [-0.05, 0) is 45.8 Å². The Bertz CT molecular complexity index is 2200. The van der Waals surface area contributed by atoms with Crippen LogP contribution >= 0.6 is 11.3 Å². The van der Waals surface area contributed by atoms with E-state index < -0.39 is 0 Å². The zero-order valence-electron chi connectivity index (χ0n) is 21.7. The number of rotatable bonds is 3. The van der Waals surface area contributed by atoms with Gasteiger partial charge in [0.2, 0.25) is 0 Å². The Morgan fingerprint density at radius 3 is 2.10 bits per heavy atom. The molecule has 8 rings (SSSR count). The van der Waals surface area contributed by atoms with Gasteiger partial charge in [-0.2, -0.15) is 0 Å². The number of benzene rings is 5. The van der Waals surface area contributed by atoms with Crippen LogP contribution in [0.1, 0.15) is 25.6 Å². The summed E-state index contributed by atoms with van der Waals surface area (Å²) < 4.78 is 4.92. The van der Waals surface area contributed by atoms with Gasteiger partial charge in [-0.15, -0.1) is 21.5 Å². The molecule has 0 radical (unpaired) electrons. The van der Waals surface area contributed by atoms with Gasteiger partial charge in [-0.25, -0.2) is 0 Å². The van der Waals surface area contributed by atoms with Gasteiger partial charge >= 0.3 is 0 Å². The molecule has 186 valence electrons. The molecule has 0 N–H and O–H groups in total. The molecule has 0 atom stereocenters. The molecule has 0 saturated carbocycles. The lowest BCUT2D eigenvalue weighted by atomic mass is 9.97. The first kappa shape index (κ1) is 22.4. The molecule has 0 saturated heterocycles. The molecule has 0 spiro atoms. The van der Waals surface area contributed by atoms with Crippen molar-refractivity contribution in [1.29, 1.82) is 0 Å². The van der Waals surface area contributed by atoms with Crippen molar-refractivity contribution in [1.82, 2.24) is 14.6 Å². The third-order valence-corrected chi connectivity index (χ3v) is 9.05. The van der Waals surface area contributed by atoms with Crippen molar-refractivity contribution in [3.63, 3.8) is 0 Å². The van der Waals surface area contributed by atoms with Crippen molar-refractivity contribution >= 4 is 58.8 Å². The predicted molar refractivity (Wildman–Crippen MR) is 166 cm³/mol. The maximum Gasteiger partial charge on any atom is 0.169 e.